The van der Waals surface area contributed by atoms with Gasteiger partial charge in [0.25, 0.3) is 0 Å². The molecular weight excluding hydrogens is 276 g/mol. The number of hydrogen-bond acceptors (Lipinski definition) is 1. The smallest absolute Gasteiger partial charge is 0.0351 e. The lowest BCUT2D eigenvalue weighted by Crippen LogP contribution is -1.55. The highest BCUT2D eigenvalue weighted by Crippen LogP contribution is 1.28. The van der Waals surface area contributed by atoms with Crippen LogP contribution in [-0.4, -0.2) is 74.5 Å². The first kappa shape index (κ1) is 459. The second-order valence-electron chi connectivity index (χ2n) is 0.408. The summed E-state index contributed by atoms with van der Waals surface area (Å²) in [4.78, 5) is 0. The van der Waals surface area contributed by atoms with E-state index in [1.54, 1.807) is 14.2 Å². The molecular formula is C7H44O12. The highest BCUT2D eigenvalue weighted by Gasteiger charge is 1.25. The van der Waals surface area contributed by atoms with Crippen LogP contribution in [0.25, 0.3) is 0 Å². The molecule has 22 N–H and O–H groups in total. The van der Waals surface area contributed by atoms with Gasteiger partial charge in [0.05, 0.1) is 0 Å². The van der Waals surface area contributed by atoms with Crippen molar-refractivity contribution in [3.05, 3.63) is 0 Å². The first-order valence-electron chi connectivity index (χ1n) is 2.82. The van der Waals surface area contributed by atoms with E-state index in [1.807, 2.05) is 27.7 Å². The molecule has 0 bridgehead atoms. The standard InChI is InChI=1S/C2H6O.2C2H6.CH4.11H2O/c1-3-2;2*1-2;;;;;;;;;;;;/h1-2H3;2*1-2H3;1H4;11*1H2. The third-order valence-electron chi connectivity index (χ3n) is 0. The quantitative estimate of drug-likeness (QED) is 0.412. The Morgan fingerprint density at radius 1 is 0.368 bits per heavy atom. The molecule has 0 saturated carbocycles. The minimum Gasteiger partial charge on any atom is -0.412 e. The molecule has 0 fully saturated rings. The van der Waals surface area contributed by atoms with Gasteiger partial charge in [-0.05, 0) is 0 Å². The van der Waals surface area contributed by atoms with Crippen LogP contribution in [0.15, 0.2) is 0 Å². The van der Waals surface area contributed by atoms with Gasteiger partial charge in [-0.2, -0.15) is 0 Å². The van der Waals surface area contributed by atoms with E-state index in [0.717, 1.165) is 0 Å². The summed E-state index contributed by atoms with van der Waals surface area (Å²) in [6.07, 6.45) is 0. The Labute approximate surface area is 115 Å². The van der Waals surface area contributed by atoms with Gasteiger partial charge in [0.15, 0.2) is 0 Å². The third kappa shape index (κ3) is 18300. The Hall–Kier alpha value is -0.480. The highest BCUT2D eigenvalue weighted by atomic mass is 16.4. The van der Waals surface area contributed by atoms with Crippen LogP contribution in [0.4, 0.5) is 0 Å². The van der Waals surface area contributed by atoms with E-state index in [2.05, 4.69) is 4.74 Å². The second kappa shape index (κ2) is 17700. The molecule has 0 saturated heterocycles. The Morgan fingerprint density at radius 3 is 0.368 bits per heavy atom. The van der Waals surface area contributed by atoms with Crippen LogP contribution in [0.2, 0.25) is 0 Å². The molecule has 12 nitrogen and oxygen atoms in total. The van der Waals surface area contributed by atoms with Gasteiger partial charge >= 0.3 is 0 Å². The van der Waals surface area contributed by atoms with Gasteiger partial charge in [-0.25, -0.2) is 0 Å². The average molecular weight is 320 g/mol. The zero-order chi connectivity index (χ0) is 6.71. The molecule has 144 valence electrons. The van der Waals surface area contributed by atoms with E-state index in [0.29, 0.717) is 0 Å². The zero-order valence-electron chi connectivity index (χ0n) is 11.9. The molecule has 19 heavy (non-hydrogen) atoms. The predicted molar refractivity (Wildman–Crippen MR) is 82.1 cm³/mol. The van der Waals surface area contributed by atoms with Crippen molar-refractivity contribution >= 4 is 0 Å². The summed E-state index contributed by atoms with van der Waals surface area (Å²) in [5.41, 5.74) is 0. The van der Waals surface area contributed by atoms with Gasteiger partial charge in [0, 0.05) is 14.2 Å². The molecule has 0 aromatic carbocycles. The first-order chi connectivity index (χ1) is 3.41. The van der Waals surface area contributed by atoms with Crippen molar-refractivity contribution in [1.82, 2.24) is 0 Å². The fourth-order valence-corrected chi connectivity index (χ4v) is 0. The molecule has 0 aliphatic rings. The summed E-state index contributed by atoms with van der Waals surface area (Å²) in [6, 6.07) is 0. The van der Waals surface area contributed by atoms with E-state index in [1.165, 1.54) is 0 Å². The Balaban J connectivity index is -0.000000000747. The minimum atomic E-state index is 0. The van der Waals surface area contributed by atoms with Gasteiger partial charge in [-0.1, -0.05) is 35.1 Å². The predicted octanol–water partition coefficient (Wildman–Crippen LogP) is -6.12. The Morgan fingerprint density at radius 2 is 0.368 bits per heavy atom. The SMILES string of the molecule is C.CC.CC.COC.O.O.O.O.O.O.O.O.O.O.O. The van der Waals surface area contributed by atoms with E-state index < -0.39 is 0 Å². The molecule has 0 heterocycles. The van der Waals surface area contributed by atoms with Gasteiger partial charge < -0.3 is 65.0 Å². The zero-order valence-corrected chi connectivity index (χ0v) is 11.9. The van der Waals surface area contributed by atoms with Gasteiger partial charge in [0.2, 0.25) is 0 Å². The molecule has 0 atom stereocenters. The van der Waals surface area contributed by atoms with E-state index in [9.17, 15) is 0 Å². The molecule has 0 spiro atoms. The summed E-state index contributed by atoms with van der Waals surface area (Å²) in [7, 11) is 3.25. The van der Waals surface area contributed by atoms with E-state index >= 15 is 0 Å². The summed E-state index contributed by atoms with van der Waals surface area (Å²) in [6.45, 7) is 8.00. The molecule has 0 amide bonds. The molecule has 0 aliphatic heterocycles. The van der Waals surface area contributed by atoms with Crippen LogP contribution in [0.1, 0.15) is 35.1 Å². The van der Waals surface area contributed by atoms with Gasteiger partial charge in [-0.15, -0.1) is 0 Å². The van der Waals surface area contributed by atoms with Crippen molar-refractivity contribution in [3.63, 3.8) is 0 Å². The average Bonchev–Trinajstić information content (AvgIpc) is 1.78. The topological polar surface area (TPSA) is 356 Å². The van der Waals surface area contributed by atoms with Crippen LogP contribution in [0.3, 0.4) is 0 Å². The van der Waals surface area contributed by atoms with Gasteiger partial charge in [-0.3, -0.25) is 0 Å². The van der Waals surface area contributed by atoms with E-state index in [-0.39, 0.29) is 67.7 Å². The fourth-order valence-electron chi connectivity index (χ4n) is 0. The number of ether oxygens (including phenoxy) is 1. The maximum atomic E-state index is 4.25. The summed E-state index contributed by atoms with van der Waals surface area (Å²) >= 11 is 0. The van der Waals surface area contributed by atoms with Crippen molar-refractivity contribution in [2.75, 3.05) is 14.2 Å². The Kier molecular flexibility index (Phi) is 427000. The lowest BCUT2D eigenvalue weighted by atomic mass is 11.0. The Bertz CT molecular complexity index is 18.0. The lowest BCUT2D eigenvalue weighted by molar-refractivity contribution is 0.277. The first-order valence-corrected chi connectivity index (χ1v) is 2.82. The fraction of sp³-hybridized carbons (Fsp3) is 1.00. The second-order valence-corrected chi connectivity index (χ2v) is 0.408. The number of methoxy groups -OCH3 is 1. The van der Waals surface area contributed by atoms with Crippen LogP contribution in [-0.2, 0) is 4.74 Å². The van der Waals surface area contributed by atoms with Crippen LogP contribution < -0.4 is 0 Å². The van der Waals surface area contributed by atoms with Crippen LogP contribution in [0.5, 0.6) is 0 Å². The molecule has 0 unspecified atom stereocenters. The number of hydrogen-bond donors (Lipinski definition) is 0. The normalized spacial score (nSPS) is 1.58. The molecule has 0 aliphatic carbocycles. The third-order valence-corrected chi connectivity index (χ3v) is 0. The van der Waals surface area contributed by atoms with Crippen molar-refractivity contribution in [1.29, 1.82) is 0 Å². The largest absolute Gasteiger partial charge is 0.412 e. The molecule has 0 aromatic rings. The molecule has 0 radical (unpaired) electrons. The maximum absolute atomic E-state index is 4.25. The summed E-state index contributed by atoms with van der Waals surface area (Å²) in [5, 5.41) is 0. The van der Waals surface area contributed by atoms with Gasteiger partial charge in [0.1, 0.15) is 0 Å². The maximum Gasteiger partial charge on any atom is 0.0351 e. The molecule has 0 rings (SSSR count). The van der Waals surface area contributed by atoms with Crippen molar-refractivity contribution in [2.45, 2.75) is 35.1 Å². The van der Waals surface area contributed by atoms with Crippen molar-refractivity contribution in [3.8, 4) is 0 Å². The molecule has 0 aromatic heterocycles. The van der Waals surface area contributed by atoms with E-state index in [4.69, 9.17) is 0 Å². The van der Waals surface area contributed by atoms with Crippen molar-refractivity contribution < 1.29 is 65.0 Å². The lowest BCUT2D eigenvalue weighted by Gasteiger charge is -1.61. The summed E-state index contributed by atoms with van der Waals surface area (Å²) in [5.74, 6) is 0. The molecule has 12 heteroatoms. The van der Waals surface area contributed by atoms with Crippen LogP contribution >= 0.6 is 0 Å². The minimum absolute atomic E-state index is 0. The monoisotopic (exact) mass is 320 g/mol. The highest BCUT2D eigenvalue weighted by molar-refractivity contribution is 3.56. The van der Waals surface area contributed by atoms with Crippen LogP contribution in [0, 0.1) is 0 Å². The van der Waals surface area contributed by atoms with Crippen molar-refractivity contribution in [2.24, 2.45) is 0 Å². The number of rotatable bonds is 0. The summed E-state index contributed by atoms with van der Waals surface area (Å²) < 4.78 is 4.25.